The fourth-order valence-electron chi connectivity index (χ4n) is 3.31. The smallest absolute Gasteiger partial charge is 0.404 e. The molecular formula is C18H20N4O6. The number of fused-ring (bicyclic) bond motifs is 1. The van der Waals surface area contributed by atoms with Gasteiger partial charge >= 0.3 is 6.09 Å². The van der Waals surface area contributed by atoms with Crippen LogP contribution in [-0.4, -0.2) is 53.3 Å². The van der Waals surface area contributed by atoms with Crippen molar-refractivity contribution in [2.24, 2.45) is 5.73 Å². The molecule has 2 heterocycles. The number of anilines is 1. The topological polar surface area (TPSA) is 148 Å². The van der Waals surface area contributed by atoms with E-state index >= 15 is 0 Å². The molecule has 10 heteroatoms. The minimum absolute atomic E-state index is 0.0613. The molecule has 0 spiro atoms. The molecule has 4 N–H and O–H groups in total. The monoisotopic (exact) mass is 388 g/mol. The lowest BCUT2D eigenvalue weighted by Gasteiger charge is -2.27. The lowest BCUT2D eigenvalue weighted by Crippen LogP contribution is -2.54. The van der Waals surface area contributed by atoms with Crippen molar-refractivity contribution in [2.45, 2.75) is 38.3 Å². The van der Waals surface area contributed by atoms with Crippen LogP contribution in [0, 0.1) is 0 Å². The van der Waals surface area contributed by atoms with Gasteiger partial charge in [0.2, 0.25) is 11.8 Å². The quantitative estimate of drug-likeness (QED) is 0.596. The van der Waals surface area contributed by atoms with Crippen LogP contribution in [0.25, 0.3) is 0 Å². The minimum Gasteiger partial charge on any atom is -0.450 e. The molecule has 10 nitrogen and oxygen atoms in total. The first kappa shape index (κ1) is 19.3. The zero-order chi connectivity index (χ0) is 20.4. The first-order valence-corrected chi connectivity index (χ1v) is 8.83. The summed E-state index contributed by atoms with van der Waals surface area (Å²) in [4.78, 5) is 60.7. The number of hydrogen-bond donors (Lipinski definition) is 3. The number of ether oxygens (including phenoxy) is 1. The van der Waals surface area contributed by atoms with Gasteiger partial charge in [0.05, 0.1) is 17.7 Å². The van der Waals surface area contributed by atoms with Gasteiger partial charge in [-0.05, 0) is 25.5 Å². The van der Waals surface area contributed by atoms with Crippen molar-refractivity contribution in [2.75, 3.05) is 11.9 Å². The molecule has 0 saturated carbocycles. The number of nitrogens with two attached hydrogens (primary N) is 1. The van der Waals surface area contributed by atoms with E-state index in [2.05, 4.69) is 10.6 Å². The zero-order valence-corrected chi connectivity index (χ0v) is 15.2. The van der Waals surface area contributed by atoms with Crippen LogP contribution in [0.3, 0.4) is 0 Å². The van der Waals surface area contributed by atoms with Crippen molar-refractivity contribution in [3.05, 3.63) is 29.3 Å². The molecule has 2 aliphatic rings. The van der Waals surface area contributed by atoms with E-state index in [9.17, 15) is 24.0 Å². The second-order valence-corrected chi connectivity index (χ2v) is 6.68. The summed E-state index contributed by atoms with van der Waals surface area (Å²) in [5, 5.41) is 5.28. The van der Waals surface area contributed by atoms with Crippen molar-refractivity contribution in [1.29, 1.82) is 0 Å². The highest BCUT2D eigenvalue weighted by Gasteiger charge is 2.45. The maximum Gasteiger partial charge on any atom is 0.404 e. The number of imide groups is 2. The van der Waals surface area contributed by atoms with Gasteiger partial charge in [0.1, 0.15) is 6.04 Å². The molecule has 2 atom stereocenters. The zero-order valence-electron chi connectivity index (χ0n) is 15.2. The molecule has 5 amide bonds. The number of benzene rings is 1. The van der Waals surface area contributed by atoms with Gasteiger partial charge in [0.25, 0.3) is 11.8 Å². The standard InChI is InChI=1S/C18H20N4O6/c1-9(7-8-28-18(19)27)20-11-4-2-3-10-14(11)17(26)22(16(10)25)12-5-6-13(23)21-15(12)24/h2-4,9,12,20H,5-8H2,1H3,(H2,19,27)(H,21,23,24). The van der Waals surface area contributed by atoms with Crippen LogP contribution in [-0.2, 0) is 14.3 Å². The third kappa shape index (κ3) is 3.66. The number of nitrogens with zero attached hydrogens (tertiary/aromatic N) is 1. The lowest BCUT2D eigenvalue weighted by molar-refractivity contribution is -0.136. The number of carbonyl (C=O) groups is 5. The largest absolute Gasteiger partial charge is 0.450 e. The number of rotatable bonds is 6. The molecule has 2 unspecified atom stereocenters. The van der Waals surface area contributed by atoms with E-state index in [0.29, 0.717) is 12.1 Å². The van der Waals surface area contributed by atoms with Crippen molar-refractivity contribution in [3.8, 4) is 0 Å². The summed E-state index contributed by atoms with van der Waals surface area (Å²) in [6.45, 7) is 1.93. The minimum atomic E-state index is -1.01. The Kier molecular flexibility index (Phi) is 5.30. The summed E-state index contributed by atoms with van der Waals surface area (Å²) in [5.74, 6) is -2.23. The Morgan fingerprint density at radius 2 is 2.07 bits per heavy atom. The third-order valence-electron chi connectivity index (χ3n) is 4.67. The number of primary amides is 1. The van der Waals surface area contributed by atoms with Crippen LogP contribution in [0.2, 0.25) is 0 Å². The maximum atomic E-state index is 13.0. The number of hydrogen-bond acceptors (Lipinski definition) is 7. The van der Waals surface area contributed by atoms with Gasteiger partial charge < -0.3 is 15.8 Å². The molecule has 0 aliphatic carbocycles. The maximum absolute atomic E-state index is 13.0. The summed E-state index contributed by atoms with van der Waals surface area (Å²) in [6, 6.07) is 3.61. The predicted molar refractivity (Wildman–Crippen MR) is 96.4 cm³/mol. The number of nitrogens with one attached hydrogen (secondary N) is 2. The molecule has 0 bridgehead atoms. The molecule has 1 fully saturated rings. The fourth-order valence-corrected chi connectivity index (χ4v) is 3.31. The highest BCUT2D eigenvalue weighted by Crippen LogP contribution is 2.32. The normalized spacial score (nSPS) is 19.9. The predicted octanol–water partition coefficient (Wildman–Crippen LogP) is 0.374. The number of carbonyl (C=O) groups excluding carboxylic acids is 5. The average molecular weight is 388 g/mol. The van der Waals surface area contributed by atoms with Crippen molar-refractivity contribution < 1.29 is 28.7 Å². The van der Waals surface area contributed by atoms with Gasteiger partial charge in [0, 0.05) is 24.6 Å². The SMILES string of the molecule is CC(CCOC(N)=O)Nc1cccc2c1C(=O)N(C1CCC(=O)NC1=O)C2=O. The Hall–Kier alpha value is -3.43. The van der Waals surface area contributed by atoms with Crippen LogP contribution in [0.4, 0.5) is 10.5 Å². The van der Waals surface area contributed by atoms with Gasteiger partial charge in [-0.25, -0.2) is 4.79 Å². The van der Waals surface area contributed by atoms with E-state index in [0.717, 1.165) is 4.90 Å². The van der Waals surface area contributed by atoms with E-state index in [1.807, 2.05) is 6.92 Å². The molecule has 0 radical (unpaired) electrons. The average Bonchev–Trinajstić information content (AvgIpc) is 2.87. The molecule has 1 aromatic rings. The Morgan fingerprint density at radius 1 is 1.32 bits per heavy atom. The van der Waals surface area contributed by atoms with Gasteiger partial charge in [0.15, 0.2) is 0 Å². The van der Waals surface area contributed by atoms with Crippen LogP contribution >= 0.6 is 0 Å². The molecule has 28 heavy (non-hydrogen) atoms. The molecule has 148 valence electrons. The van der Waals surface area contributed by atoms with E-state index in [1.54, 1.807) is 12.1 Å². The summed E-state index contributed by atoms with van der Waals surface area (Å²) < 4.78 is 4.70. The second-order valence-electron chi connectivity index (χ2n) is 6.68. The Balaban J connectivity index is 1.79. The van der Waals surface area contributed by atoms with Gasteiger partial charge in [-0.15, -0.1) is 0 Å². The third-order valence-corrected chi connectivity index (χ3v) is 4.67. The summed E-state index contributed by atoms with van der Waals surface area (Å²) in [7, 11) is 0. The van der Waals surface area contributed by atoms with E-state index in [4.69, 9.17) is 10.5 Å². The van der Waals surface area contributed by atoms with Crippen LogP contribution in [0.15, 0.2) is 18.2 Å². The first-order chi connectivity index (χ1) is 13.3. The molecule has 2 aliphatic heterocycles. The first-order valence-electron chi connectivity index (χ1n) is 8.83. The van der Waals surface area contributed by atoms with E-state index in [1.165, 1.54) is 6.07 Å². The van der Waals surface area contributed by atoms with Crippen LogP contribution in [0.5, 0.6) is 0 Å². The summed E-state index contributed by atoms with van der Waals surface area (Å²) in [5.41, 5.74) is 5.74. The van der Waals surface area contributed by atoms with Crippen LogP contribution < -0.4 is 16.4 Å². The molecular weight excluding hydrogens is 368 g/mol. The Morgan fingerprint density at radius 3 is 2.75 bits per heavy atom. The second kappa shape index (κ2) is 7.67. The fraction of sp³-hybridized carbons (Fsp3) is 0.389. The van der Waals surface area contributed by atoms with E-state index in [-0.39, 0.29) is 36.6 Å². The summed E-state index contributed by atoms with van der Waals surface area (Å²) >= 11 is 0. The summed E-state index contributed by atoms with van der Waals surface area (Å²) in [6.07, 6.45) is -0.273. The highest BCUT2D eigenvalue weighted by molar-refractivity contribution is 6.25. The van der Waals surface area contributed by atoms with Crippen molar-refractivity contribution >= 4 is 35.4 Å². The number of amides is 5. The molecule has 1 saturated heterocycles. The van der Waals surface area contributed by atoms with Crippen LogP contribution in [0.1, 0.15) is 46.9 Å². The van der Waals surface area contributed by atoms with Gasteiger partial charge in [-0.3, -0.25) is 29.4 Å². The highest BCUT2D eigenvalue weighted by atomic mass is 16.5. The number of piperidine rings is 1. The molecule has 3 rings (SSSR count). The molecule has 1 aromatic carbocycles. The lowest BCUT2D eigenvalue weighted by atomic mass is 10.0. The Labute approximate surface area is 160 Å². The van der Waals surface area contributed by atoms with Gasteiger partial charge in [-0.2, -0.15) is 0 Å². The van der Waals surface area contributed by atoms with Crippen molar-refractivity contribution in [1.82, 2.24) is 10.2 Å². The van der Waals surface area contributed by atoms with Gasteiger partial charge in [-0.1, -0.05) is 6.07 Å². The van der Waals surface area contributed by atoms with Crippen molar-refractivity contribution in [3.63, 3.8) is 0 Å². The Bertz CT molecular complexity index is 868. The molecule has 0 aromatic heterocycles. The van der Waals surface area contributed by atoms with E-state index < -0.39 is 35.8 Å².